The van der Waals surface area contributed by atoms with E-state index in [1.54, 1.807) is 5.48 Å². The van der Waals surface area contributed by atoms with Crippen molar-refractivity contribution in [3.63, 3.8) is 0 Å². The number of nitrogens with one attached hydrogen (secondary N) is 3. The SMILES string of the molecule is Cc1ccc2[nH]cc(C(CCCCCC(=O)NO)c3c[nH]c4ccc(C)cc34)c2c1. The van der Waals surface area contributed by atoms with Crippen molar-refractivity contribution in [3.05, 3.63) is 71.0 Å². The first-order valence-electron chi connectivity index (χ1n) is 10.6. The van der Waals surface area contributed by atoms with Gasteiger partial charge in [-0.15, -0.1) is 0 Å². The van der Waals surface area contributed by atoms with E-state index in [9.17, 15) is 4.79 Å². The average Bonchev–Trinajstić information content (AvgIpc) is 3.34. The zero-order valence-electron chi connectivity index (χ0n) is 17.6. The number of hydrogen-bond acceptors (Lipinski definition) is 2. The number of hydrogen-bond donors (Lipinski definition) is 4. The van der Waals surface area contributed by atoms with Gasteiger partial charge in [-0.05, 0) is 62.1 Å². The third-order valence-corrected chi connectivity index (χ3v) is 6.01. The molecule has 0 spiro atoms. The van der Waals surface area contributed by atoms with Crippen LogP contribution >= 0.6 is 0 Å². The number of benzene rings is 2. The van der Waals surface area contributed by atoms with Gasteiger partial charge in [-0.3, -0.25) is 10.0 Å². The molecule has 4 N–H and O–H groups in total. The molecule has 4 aromatic rings. The maximum absolute atomic E-state index is 11.3. The molecule has 0 aliphatic carbocycles. The van der Waals surface area contributed by atoms with Gasteiger partial charge in [-0.25, -0.2) is 5.48 Å². The maximum Gasteiger partial charge on any atom is 0.243 e. The number of carbonyl (C=O) groups excluding carboxylic acids is 1. The fourth-order valence-corrected chi connectivity index (χ4v) is 4.43. The number of rotatable bonds is 8. The Morgan fingerprint density at radius 2 is 1.47 bits per heavy atom. The Bertz CT molecular complexity index is 1090. The summed E-state index contributed by atoms with van der Waals surface area (Å²) in [5.41, 5.74) is 9.20. The fourth-order valence-electron chi connectivity index (χ4n) is 4.43. The molecule has 0 bridgehead atoms. The highest BCUT2D eigenvalue weighted by Gasteiger charge is 2.21. The molecule has 5 nitrogen and oxygen atoms in total. The molecule has 30 heavy (non-hydrogen) atoms. The fraction of sp³-hybridized carbons (Fsp3) is 0.320. The summed E-state index contributed by atoms with van der Waals surface area (Å²) in [6.07, 6.45) is 8.42. The minimum Gasteiger partial charge on any atom is -0.361 e. The molecule has 0 aliphatic rings. The normalized spacial score (nSPS) is 11.6. The van der Waals surface area contributed by atoms with Gasteiger partial charge in [0.05, 0.1) is 0 Å². The van der Waals surface area contributed by atoms with E-state index in [-0.39, 0.29) is 11.8 Å². The predicted molar refractivity (Wildman–Crippen MR) is 121 cm³/mol. The molecule has 0 fully saturated rings. The van der Waals surface area contributed by atoms with E-state index in [0.717, 1.165) is 36.7 Å². The van der Waals surface area contributed by atoms with Crippen LogP contribution in [0.2, 0.25) is 0 Å². The van der Waals surface area contributed by atoms with Gasteiger partial charge < -0.3 is 9.97 Å². The van der Waals surface area contributed by atoms with Crippen molar-refractivity contribution >= 4 is 27.7 Å². The van der Waals surface area contributed by atoms with Crippen molar-refractivity contribution in [2.24, 2.45) is 0 Å². The van der Waals surface area contributed by atoms with Crippen LogP contribution in [-0.4, -0.2) is 21.1 Å². The Hall–Kier alpha value is -3.05. The first-order chi connectivity index (χ1) is 14.6. The number of amides is 1. The van der Waals surface area contributed by atoms with Crippen molar-refractivity contribution in [2.45, 2.75) is 51.9 Å². The van der Waals surface area contributed by atoms with Crippen LogP contribution in [0.25, 0.3) is 21.8 Å². The maximum atomic E-state index is 11.3. The second-order valence-corrected chi connectivity index (χ2v) is 8.27. The van der Waals surface area contributed by atoms with Crippen LogP contribution in [0.4, 0.5) is 0 Å². The summed E-state index contributed by atoms with van der Waals surface area (Å²) in [7, 11) is 0. The zero-order chi connectivity index (χ0) is 21.1. The Labute approximate surface area is 176 Å². The highest BCUT2D eigenvalue weighted by atomic mass is 16.5. The monoisotopic (exact) mass is 403 g/mol. The lowest BCUT2D eigenvalue weighted by atomic mass is 9.86. The summed E-state index contributed by atoms with van der Waals surface area (Å²) in [5.74, 6) is -0.0477. The topological polar surface area (TPSA) is 80.9 Å². The van der Waals surface area contributed by atoms with Crippen LogP contribution in [0.3, 0.4) is 0 Å². The number of hydroxylamine groups is 1. The molecule has 1 amide bonds. The van der Waals surface area contributed by atoms with E-state index in [1.165, 1.54) is 33.0 Å². The van der Waals surface area contributed by atoms with Gasteiger partial charge in [0.15, 0.2) is 0 Å². The quantitative estimate of drug-likeness (QED) is 0.169. The third-order valence-electron chi connectivity index (χ3n) is 6.01. The summed E-state index contributed by atoms with van der Waals surface area (Å²) in [5, 5.41) is 11.2. The number of carbonyl (C=O) groups is 1. The standard InChI is InChI=1S/C25H29N3O2/c1-16-8-10-23-19(12-16)21(14-26-23)18(6-4-3-5-7-25(29)28-30)22-15-27-24-11-9-17(2)13-20(22)24/h8-15,18,26-27,30H,3-7H2,1-2H3,(H,28,29). The summed E-state index contributed by atoms with van der Waals surface area (Å²) in [6, 6.07) is 13.1. The number of fused-ring (bicyclic) bond motifs is 2. The molecule has 0 aliphatic heterocycles. The summed E-state index contributed by atoms with van der Waals surface area (Å²) in [4.78, 5) is 18.2. The van der Waals surface area contributed by atoms with Crippen molar-refractivity contribution in [3.8, 4) is 0 Å². The molecule has 5 heteroatoms. The van der Waals surface area contributed by atoms with Gasteiger partial charge in [0.25, 0.3) is 0 Å². The molecule has 0 radical (unpaired) electrons. The van der Waals surface area contributed by atoms with E-state index >= 15 is 0 Å². The van der Waals surface area contributed by atoms with Gasteiger partial charge in [0.1, 0.15) is 0 Å². The minimum absolute atomic E-state index is 0.266. The molecule has 0 saturated carbocycles. The molecule has 2 aromatic heterocycles. The smallest absolute Gasteiger partial charge is 0.243 e. The van der Waals surface area contributed by atoms with Crippen LogP contribution in [0, 0.1) is 13.8 Å². The van der Waals surface area contributed by atoms with Gasteiger partial charge in [-0.1, -0.05) is 36.1 Å². The van der Waals surface area contributed by atoms with E-state index in [4.69, 9.17) is 5.21 Å². The molecule has 0 atom stereocenters. The van der Waals surface area contributed by atoms with Crippen LogP contribution in [0.5, 0.6) is 0 Å². The minimum atomic E-state index is -0.314. The number of aromatic nitrogens is 2. The lowest BCUT2D eigenvalue weighted by Crippen LogP contribution is -2.17. The van der Waals surface area contributed by atoms with E-state index in [2.05, 4.69) is 72.6 Å². The molecular weight excluding hydrogens is 374 g/mol. The summed E-state index contributed by atoms with van der Waals surface area (Å²) in [6.45, 7) is 4.26. The lowest BCUT2D eigenvalue weighted by molar-refractivity contribution is -0.129. The number of unbranched alkanes of at least 4 members (excludes halogenated alkanes) is 2. The van der Waals surface area contributed by atoms with Crippen molar-refractivity contribution in [1.29, 1.82) is 0 Å². The Kier molecular flexibility index (Phi) is 5.91. The van der Waals surface area contributed by atoms with Crippen molar-refractivity contribution in [1.82, 2.24) is 15.4 Å². The molecule has 156 valence electrons. The second kappa shape index (κ2) is 8.76. The van der Waals surface area contributed by atoms with Gasteiger partial charge in [0, 0.05) is 46.5 Å². The molecule has 0 saturated heterocycles. The number of H-pyrrole nitrogens is 2. The third kappa shape index (κ3) is 4.12. The lowest BCUT2D eigenvalue weighted by Gasteiger charge is -2.17. The first-order valence-corrected chi connectivity index (χ1v) is 10.6. The average molecular weight is 404 g/mol. The molecule has 2 aromatic carbocycles. The predicted octanol–water partition coefficient (Wildman–Crippen LogP) is 5.85. The van der Waals surface area contributed by atoms with Crippen molar-refractivity contribution < 1.29 is 10.0 Å². The van der Waals surface area contributed by atoms with Crippen LogP contribution in [-0.2, 0) is 4.79 Å². The largest absolute Gasteiger partial charge is 0.361 e. The molecular formula is C25H29N3O2. The zero-order valence-corrected chi connectivity index (χ0v) is 17.6. The highest BCUT2D eigenvalue weighted by molar-refractivity contribution is 5.88. The number of aromatic amines is 2. The Balaban J connectivity index is 1.66. The van der Waals surface area contributed by atoms with Gasteiger partial charge in [0.2, 0.25) is 5.91 Å². The molecule has 0 unspecified atom stereocenters. The Morgan fingerprint density at radius 1 is 0.900 bits per heavy atom. The van der Waals surface area contributed by atoms with E-state index in [0.29, 0.717) is 6.42 Å². The van der Waals surface area contributed by atoms with Gasteiger partial charge in [-0.2, -0.15) is 0 Å². The summed E-state index contributed by atoms with van der Waals surface area (Å²) >= 11 is 0. The van der Waals surface area contributed by atoms with Crippen LogP contribution in [0.1, 0.15) is 60.3 Å². The Morgan fingerprint density at radius 3 is 2.00 bits per heavy atom. The molecule has 2 heterocycles. The number of aryl methyl sites for hydroxylation is 2. The highest BCUT2D eigenvalue weighted by Crippen LogP contribution is 2.38. The van der Waals surface area contributed by atoms with Crippen LogP contribution in [0.15, 0.2) is 48.8 Å². The van der Waals surface area contributed by atoms with Gasteiger partial charge >= 0.3 is 0 Å². The second-order valence-electron chi connectivity index (χ2n) is 8.27. The first kappa shape index (κ1) is 20.2. The summed E-state index contributed by atoms with van der Waals surface area (Å²) < 4.78 is 0. The molecule has 4 rings (SSSR count). The van der Waals surface area contributed by atoms with Crippen LogP contribution < -0.4 is 5.48 Å². The van der Waals surface area contributed by atoms with E-state index < -0.39 is 0 Å². The van der Waals surface area contributed by atoms with E-state index in [1.807, 2.05) is 0 Å². The van der Waals surface area contributed by atoms with Crippen molar-refractivity contribution in [2.75, 3.05) is 0 Å².